The van der Waals surface area contributed by atoms with Crippen molar-refractivity contribution in [3.63, 3.8) is 0 Å². The first-order chi connectivity index (χ1) is 10.3. The van der Waals surface area contributed by atoms with E-state index < -0.39 is 10.0 Å². The van der Waals surface area contributed by atoms with Crippen molar-refractivity contribution < 1.29 is 17.9 Å². The van der Waals surface area contributed by atoms with Crippen molar-refractivity contribution in [3.8, 4) is 5.75 Å². The summed E-state index contributed by atoms with van der Waals surface area (Å²) in [6, 6.07) is 6.27. The molecule has 7 heteroatoms. The fourth-order valence-corrected chi connectivity index (χ4v) is 3.07. The summed E-state index contributed by atoms with van der Waals surface area (Å²) < 4.78 is 32.1. The Morgan fingerprint density at radius 2 is 1.86 bits per heavy atom. The van der Waals surface area contributed by atoms with Gasteiger partial charge in [-0.1, -0.05) is 0 Å². The lowest BCUT2D eigenvalue weighted by molar-refractivity contribution is -0.130. The highest BCUT2D eigenvalue weighted by Crippen LogP contribution is 2.15. The zero-order valence-electron chi connectivity index (χ0n) is 13.5. The van der Waals surface area contributed by atoms with Gasteiger partial charge in [-0.3, -0.25) is 4.79 Å². The van der Waals surface area contributed by atoms with E-state index in [1.165, 1.54) is 19.1 Å². The van der Waals surface area contributed by atoms with Gasteiger partial charge in [0, 0.05) is 26.1 Å². The summed E-state index contributed by atoms with van der Waals surface area (Å²) in [5.74, 6) is 0.555. The van der Waals surface area contributed by atoms with Gasteiger partial charge < -0.3 is 9.64 Å². The molecule has 1 aromatic carbocycles. The van der Waals surface area contributed by atoms with Crippen LogP contribution in [0.1, 0.15) is 27.7 Å². The second-order valence-corrected chi connectivity index (χ2v) is 6.88. The molecule has 0 atom stereocenters. The number of carbonyl (C=O) groups excluding carboxylic acids is 1. The fraction of sp³-hybridized carbons (Fsp3) is 0.533. The number of ether oxygens (including phenoxy) is 1. The first-order valence-corrected chi connectivity index (χ1v) is 8.76. The zero-order chi connectivity index (χ0) is 16.8. The van der Waals surface area contributed by atoms with Crippen LogP contribution in [-0.4, -0.2) is 45.0 Å². The number of benzene rings is 1. The average molecular weight is 328 g/mol. The molecule has 0 aliphatic heterocycles. The molecule has 6 nitrogen and oxygen atoms in total. The van der Waals surface area contributed by atoms with Gasteiger partial charge in [0.1, 0.15) is 5.75 Å². The van der Waals surface area contributed by atoms with E-state index in [1.807, 2.05) is 20.8 Å². The molecule has 0 bridgehead atoms. The zero-order valence-corrected chi connectivity index (χ0v) is 14.3. The van der Waals surface area contributed by atoms with Gasteiger partial charge in [0.05, 0.1) is 11.5 Å². The maximum Gasteiger partial charge on any atom is 0.240 e. The molecule has 0 heterocycles. The van der Waals surface area contributed by atoms with E-state index in [-0.39, 0.29) is 23.4 Å². The summed E-state index contributed by atoms with van der Waals surface area (Å²) in [6.07, 6.45) is 0. The van der Waals surface area contributed by atoms with Gasteiger partial charge in [0.2, 0.25) is 15.9 Å². The van der Waals surface area contributed by atoms with E-state index in [0.717, 1.165) is 0 Å². The molecule has 1 rings (SSSR count). The maximum atomic E-state index is 12.2. The van der Waals surface area contributed by atoms with Gasteiger partial charge in [-0.15, -0.1) is 0 Å². The predicted octanol–water partition coefficient (Wildman–Crippen LogP) is 1.62. The van der Waals surface area contributed by atoms with Crippen LogP contribution in [0.2, 0.25) is 0 Å². The third kappa shape index (κ3) is 5.31. The summed E-state index contributed by atoms with van der Waals surface area (Å²) in [6.45, 7) is 8.16. The lowest BCUT2D eigenvalue weighted by atomic mass is 10.3. The quantitative estimate of drug-likeness (QED) is 0.787. The molecule has 0 unspecified atom stereocenters. The van der Waals surface area contributed by atoms with E-state index in [0.29, 0.717) is 18.9 Å². The molecule has 124 valence electrons. The van der Waals surface area contributed by atoms with Crippen molar-refractivity contribution in [2.45, 2.75) is 38.6 Å². The molecular weight excluding hydrogens is 304 g/mol. The van der Waals surface area contributed by atoms with Crippen molar-refractivity contribution in [2.24, 2.45) is 0 Å². The maximum absolute atomic E-state index is 12.2. The van der Waals surface area contributed by atoms with Crippen molar-refractivity contribution >= 4 is 15.9 Å². The summed E-state index contributed by atoms with van der Waals surface area (Å²) >= 11 is 0. The summed E-state index contributed by atoms with van der Waals surface area (Å²) in [5, 5.41) is 0. The highest BCUT2D eigenvalue weighted by atomic mass is 32.2. The van der Waals surface area contributed by atoms with Crippen molar-refractivity contribution in [3.05, 3.63) is 24.3 Å². The molecular formula is C15H24N2O4S. The number of hydrogen-bond acceptors (Lipinski definition) is 4. The normalized spacial score (nSPS) is 11.5. The number of rotatable bonds is 8. The molecule has 0 aliphatic carbocycles. The molecule has 0 saturated heterocycles. The number of nitrogens with zero attached hydrogens (tertiary/aromatic N) is 1. The van der Waals surface area contributed by atoms with Crippen LogP contribution in [-0.2, 0) is 14.8 Å². The molecule has 0 spiro atoms. The third-order valence-electron chi connectivity index (χ3n) is 3.12. The first kappa shape index (κ1) is 18.4. The lowest BCUT2D eigenvalue weighted by Crippen LogP contribution is -2.41. The Balaban J connectivity index is 2.65. The minimum atomic E-state index is -3.58. The Kier molecular flexibility index (Phi) is 6.83. The average Bonchev–Trinajstić information content (AvgIpc) is 2.43. The van der Waals surface area contributed by atoms with Crippen molar-refractivity contribution in [1.82, 2.24) is 9.62 Å². The minimum absolute atomic E-state index is 0.0347. The molecule has 0 radical (unpaired) electrons. The summed E-state index contributed by atoms with van der Waals surface area (Å²) in [4.78, 5) is 13.2. The molecule has 1 amide bonds. The van der Waals surface area contributed by atoms with Gasteiger partial charge >= 0.3 is 0 Å². The number of carbonyl (C=O) groups is 1. The second kappa shape index (κ2) is 8.14. The number of nitrogens with one attached hydrogen (secondary N) is 1. The Hall–Kier alpha value is -1.60. The van der Waals surface area contributed by atoms with Crippen molar-refractivity contribution in [2.75, 3.05) is 19.7 Å². The predicted molar refractivity (Wildman–Crippen MR) is 85.3 cm³/mol. The van der Waals surface area contributed by atoms with E-state index in [9.17, 15) is 13.2 Å². The third-order valence-corrected chi connectivity index (χ3v) is 4.59. The van der Waals surface area contributed by atoms with Crippen LogP contribution in [0.3, 0.4) is 0 Å². The van der Waals surface area contributed by atoms with Crippen LogP contribution in [0.4, 0.5) is 0 Å². The molecule has 1 N–H and O–H groups in total. The van der Waals surface area contributed by atoms with Gasteiger partial charge in [-0.2, -0.15) is 0 Å². The molecule has 1 aromatic rings. The summed E-state index contributed by atoms with van der Waals surface area (Å²) in [7, 11) is -3.58. The van der Waals surface area contributed by atoms with Crippen LogP contribution in [0.25, 0.3) is 0 Å². The molecule has 22 heavy (non-hydrogen) atoms. The molecule has 0 aliphatic rings. The largest absolute Gasteiger partial charge is 0.494 e. The van der Waals surface area contributed by atoms with Crippen LogP contribution in [0.15, 0.2) is 29.2 Å². The monoisotopic (exact) mass is 328 g/mol. The van der Waals surface area contributed by atoms with Crippen LogP contribution in [0, 0.1) is 0 Å². The topological polar surface area (TPSA) is 75.7 Å². The highest BCUT2D eigenvalue weighted by Gasteiger charge is 2.16. The fourth-order valence-electron chi connectivity index (χ4n) is 2.04. The van der Waals surface area contributed by atoms with Crippen molar-refractivity contribution in [1.29, 1.82) is 0 Å². The first-order valence-electron chi connectivity index (χ1n) is 7.27. The van der Waals surface area contributed by atoms with E-state index in [1.54, 1.807) is 17.0 Å². The Bertz CT molecular complexity index is 582. The molecule has 0 fully saturated rings. The Morgan fingerprint density at radius 1 is 1.27 bits per heavy atom. The molecule has 0 saturated carbocycles. The van der Waals surface area contributed by atoms with E-state index >= 15 is 0 Å². The smallest absolute Gasteiger partial charge is 0.240 e. The second-order valence-electron chi connectivity index (χ2n) is 5.11. The van der Waals surface area contributed by atoms with Gasteiger partial charge in [-0.05, 0) is 45.0 Å². The Morgan fingerprint density at radius 3 is 2.32 bits per heavy atom. The van der Waals surface area contributed by atoms with Crippen LogP contribution >= 0.6 is 0 Å². The van der Waals surface area contributed by atoms with Gasteiger partial charge in [-0.25, -0.2) is 13.1 Å². The van der Waals surface area contributed by atoms with Crippen LogP contribution < -0.4 is 9.46 Å². The number of amides is 1. The van der Waals surface area contributed by atoms with Gasteiger partial charge in [0.25, 0.3) is 0 Å². The number of hydrogen-bond donors (Lipinski definition) is 1. The SMILES string of the molecule is CCOc1ccc(S(=O)(=O)NCCN(C(C)=O)C(C)C)cc1. The van der Waals surface area contributed by atoms with E-state index in [2.05, 4.69) is 4.72 Å². The minimum Gasteiger partial charge on any atom is -0.494 e. The molecule has 0 aromatic heterocycles. The van der Waals surface area contributed by atoms with Gasteiger partial charge in [0.15, 0.2) is 0 Å². The highest BCUT2D eigenvalue weighted by molar-refractivity contribution is 7.89. The summed E-state index contributed by atoms with van der Waals surface area (Å²) in [5.41, 5.74) is 0. The number of sulfonamides is 1. The van der Waals surface area contributed by atoms with E-state index in [4.69, 9.17) is 4.74 Å². The lowest BCUT2D eigenvalue weighted by Gasteiger charge is -2.25. The Labute approximate surface area is 132 Å². The standard InChI is InChI=1S/C15H24N2O4S/c1-5-21-14-6-8-15(9-7-14)22(19,20)16-10-11-17(12(2)3)13(4)18/h6-9,12,16H,5,10-11H2,1-4H3. The van der Waals surface area contributed by atoms with Crippen LogP contribution in [0.5, 0.6) is 5.75 Å².